The molecule has 0 radical (unpaired) electrons. The van der Waals surface area contributed by atoms with Gasteiger partial charge < -0.3 is 10.5 Å². The first-order chi connectivity index (χ1) is 5.69. The van der Waals surface area contributed by atoms with Gasteiger partial charge in [-0.3, -0.25) is 4.68 Å². The van der Waals surface area contributed by atoms with E-state index in [2.05, 4.69) is 5.10 Å². The van der Waals surface area contributed by atoms with Crippen LogP contribution in [0.15, 0.2) is 6.07 Å². The number of hydrogen-bond donors (Lipinski definition) is 1. The van der Waals surface area contributed by atoms with Crippen LogP contribution in [-0.4, -0.2) is 15.7 Å². The number of rotatable bonds is 3. The first kappa shape index (κ1) is 8.77. The van der Waals surface area contributed by atoms with Crippen LogP contribution in [-0.2, 0) is 13.0 Å². The monoisotopic (exact) mass is 166 g/mol. The predicted molar refractivity (Wildman–Crippen MR) is 44.1 cm³/mol. The molecule has 1 aromatic heterocycles. The largest absolute Gasteiger partial charge is 0.858 e. The van der Waals surface area contributed by atoms with Gasteiger partial charge in [0.2, 0.25) is 0 Å². The van der Waals surface area contributed by atoms with Crippen molar-refractivity contribution in [3.05, 3.63) is 17.5 Å². The van der Waals surface area contributed by atoms with Crippen LogP contribution in [0.1, 0.15) is 25.2 Å². The Morgan fingerprint density at radius 1 is 1.67 bits per heavy atom. The molecule has 1 N–H and O–H groups in total. The number of aromatic nitrogens is 2. The normalized spacial score (nSPS) is 10.2. The molecule has 0 aliphatic heterocycles. The molecule has 1 aromatic rings. The van der Waals surface area contributed by atoms with E-state index in [0.717, 1.165) is 12.1 Å². The lowest BCUT2D eigenvalue weighted by Crippen LogP contribution is -2.21. The Morgan fingerprint density at radius 2 is 2.33 bits per heavy atom. The van der Waals surface area contributed by atoms with E-state index in [4.69, 9.17) is 5.41 Å². The molecule has 1 heterocycles. The second-order valence-electron chi connectivity index (χ2n) is 2.52. The summed E-state index contributed by atoms with van der Waals surface area (Å²) in [6.07, 6.45) is 0.799. The van der Waals surface area contributed by atoms with Gasteiger partial charge >= 0.3 is 0 Å². The lowest BCUT2D eigenvalue weighted by atomic mass is 10.3. The van der Waals surface area contributed by atoms with Crippen molar-refractivity contribution in [3.63, 3.8) is 0 Å². The Kier molecular flexibility index (Phi) is 2.47. The molecule has 0 spiro atoms. The van der Waals surface area contributed by atoms with Gasteiger partial charge in [-0.05, 0) is 19.4 Å². The van der Waals surface area contributed by atoms with Crippen LogP contribution in [0.4, 0.5) is 0 Å². The zero-order valence-electron chi connectivity index (χ0n) is 7.29. The maximum atomic E-state index is 10.8. The molecule has 0 aliphatic rings. The third kappa shape index (κ3) is 1.47. The van der Waals surface area contributed by atoms with Crippen LogP contribution >= 0.6 is 0 Å². The van der Waals surface area contributed by atoms with Crippen molar-refractivity contribution in [2.45, 2.75) is 26.8 Å². The van der Waals surface area contributed by atoms with E-state index >= 15 is 0 Å². The number of aryl methyl sites for hydroxylation is 2. The minimum atomic E-state index is -0.663. The zero-order valence-corrected chi connectivity index (χ0v) is 7.29. The maximum Gasteiger partial charge on any atom is 0.0713 e. The van der Waals surface area contributed by atoms with Crippen LogP contribution in [0, 0.1) is 5.41 Å². The molecule has 4 nitrogen and oxygen atoms in total. The van der Waals surface area contributed by atoms with Crippen LogP contribution in [0.2, 0.25) is 0 Å². The Morgan fingerprint density at radius 3 is 2.67 bits per heavy atom. The quantitative estimate of drug-likeness (QED) is 0.513. The van der Waals surface area contributed by atoms with E-state index < -0.39 is 5.90 Å². The van der Waals surface area contributed by atoms with Gasteiger partial charge in [0, 0.05) is 12.4 Å². The summed E-state index contributed by atoms with van der Waals surface area (Å²) >= 11 is 0. The molecular weight excluding hydrogens is 154 g/mol. The maximum absolute atomic E-state index is 10.8. The summed E-state index contributed by atoms with van der Waals surface area (Å²) < 4.78 is 1.56. The molecule has 1 rings (SSSR count). The summed E-state index contributed by atoms with van der Waals surface area (Å²) in [5, 5.41) is 21.9. The first-order valence-corrected chi connectivity index (χ1v) is 4.01. The van der Waals surface area contributed by atoms with Crippen LogP contribution in [0.3, 0.4) is 0 Å². The summed E-state index contributed by atoms with van der Waals surface area (Å²) in [5.41, 5.74) is 1.25. The molecule has 0 atom stereocenters. The standard InChI is InChI=1S/C8H13N3O/c1-3-6-5-7(8(9)12)11(4-2)10-6/h5H,3-4H2,1-2H3,(H2,9,12)/p-1. The molecule has 0 saturated heterocycles. The van der Waals surface area contributed by atoms with Crippen molar-refractivity contribution in [1.82, 2.24) is 9.78 Å². The highest BCUT2D eigenvalue weighted by molar-refractivity contribution is 5.86. The molecule has 4 heteroatoms. The number of nitrogens with zero attached hydrogens (tertiary/aromatic N) is 2. The summed E-state index contributed by atoms with van der Waals surface area (Å²) in [6.45, 7) is 4.51. The van der Waals surface area contributed by atoms with Gasteiger partial charge in [-0.1, -0.05) is 6.92 Å². The molecule has 12 heavy (non-hydrogen) atoms. The van der Waals surface area contributed by atoms with Gasteiger partial charge in [-0.25, -0.2) is 0 Å². The van der Waals surface area contributed by atoms with E-state index in [9.17, 15) is 5.11 Å². The molecule has 0 amide bonds. The average molecular weight is 166 g/mol. The molecule has 0 saturated carbocycles. The molecule has 66 valence electrons. The van der Waals surface area contributed by atoms with E-state index in [-0.39, 0.29) is 0 Å². The van der Waals surface area contributed by atoms with Crippen molar-refractivity contribution in [3.8, 4) is 0 Å². The molecule has 0 aliphatic carbocycles. The van der Waals surface area contributed by atoms with Crippen LogP contribution in [0.25, 0.3) is 0 Å². The van der Waals surface area contributed by atoms with Crippen molar-refractivity contribution in [2.24, 2.45) is 0 Å². The third-order valence-electron chi connectivity index (χ3n) is 1.72. The van der Waals surface area contributed by atoms with Gasteiger partial charge in [-0.15, -0.1) is 0 Å². The van der Waals surface area contributed by atoms with Crippen LogP contribution in [0.5, 0.6) is 0 Å². The fraction of sp³-hybridized carbons (Fsp3) is 0.500. The van der Waals surface area contributed by atoms with Gasteiger partial charge in [0.05, 0.1) is 11.4 Å². The lowest BCUT2D eigenvalue weighted by Gasteiger charge is -2.07. The Balaban J connectivity index is 3.08. The predicted octanol–water partition coefficient (Wildman–Crippen LogP) is 0.151. The summed E-state index contributed by atoms with van der Waals surface area (Å²) in [5.74, 6) is -0.663. The van der Waals surface area contributed by atoms with E-state index in [1.165, 1.54) is 0 Å². The first-order valence-electron chi connectivity index (χ1n) is 4.01. The van der Waals surface area contributed by atoms with Crippen LogP contribution < -0.4 is 5.11 Å². The second-order valence-corrected chi connectivity index (χ2v) is 2.52. The Bertz CT molecular complexity index is 290. The van der Waals surface area contributed by atoms with Crippen molar-refractivity contribution in [1.29, 1.82) is 5.41 Å². The highest BCUT2D eigenvalue weighted by atomic mass is 16.3. The highest BCUT2D eigenvalue weighted by Gasteiger charge is 2.03. The minimum Gasteiger partial charge on any atom is -0.858 e. The molecular formula is C8H12N3O-. The second kappa shape index (κ2) is 3.38. The number of hydrogen-bond acceptors (Lipinski definition) is 3. The van der Waals surface area contributed by atoms with Crippen molar-refractivity contribution < 1.29 is 5.11 Å². The van der Waals surface area contributed by atoms with Gasteiger partial charge in [0.1, 0.15) is 0 Å². The summed E-state index contributed by atoms with van der Waals surface area (Å²) in [4.78, 5) is 0. The Hall–Kier alpha value is -1.32. The SMILES string of the molecule is CCc1cc(C(=N)[O-])n(CC)n1. The molecule has 0 unspecified atom stereocenters. The van der Waals surface area contributed by atoms with Gasteiger partial charge in [0.25, 0.3) is 0 Å². The van der Waals surface area contributed by atoms with E-state index in [1.54, 1.807) is 10.7 Å². The topological polar surface area (TPSA) is 64.7 Å². The smallest absolute Gasteiger partial charge is 0.0713 e. The van der Waals surface area contributed by atoms with E-state index in [0.29, 0.717) is 12.2 Å². The third-order valence-corrected chi connectivity index (χ3v) is 1.72. The number of nitrogens with one attached hydrogen (secondary N) is 1. The summed E-state index contributed by atoms with van der Waals surface area (Å²) in [6, 6.07) is 1.68. The molecule has 0 aromatic carbocycles. The van der Waals surface area contributed by atoms with E-state index in [1.807, 2.05) is 13.8 Å². The van der Waals surface area contributed by atoms with Crippen molar-refractivity contribution >= 4 is 5.90 Å². The van der Waals surface area contributed by atoms with Gasteiger partial charge in [-0.2, -0.15) is 5.10 Å². The molecule has 0 bridgehead atoms. The summed E-state index contributed by atoms with van der Waals surface area (Å²) in [7, 11) is 0. The lowest BCUT2D eigenvalue weighted by molar-refractivity contribution is -0.215. The minimum absolute atomic E-state index is 0.384. The van der Waals surface area contributed by atoms with Crippen molar-refractivity contribution in [2.75, 3.05) is 0 Å². The average Bonchev–Trinajstić information content (AvgIpc) is 2.47. The fourth-order valence-electron chi connectivity index (χ4n) is 1.07. The highest BCUT2D eigenvalue weighted by Crippen LogP contribution is 2.03. The van der Waals surface area contributed by atoms with Gasteiger partial charge in [0.15, 0.2) is 0 Å². The fourth-order valence-corrected chi connectivity index (χ4v) is 1.07. The Labute approximate surface area is 71.3 Å². The molecule has 0 fully saturated rings. The zero-order chi connectivity index (χ0) is 9.14.